The minimum atomic E-state index is -0.914. The Kier molecular flexibility index (Phi) is 4.22. The van der Waals surface area contributed by atoms with Crippen LogP contribution in [0.2, 0.25) is 0 Å². The quantitative estimate of drug-likeness (QED) is 0.780. The van der Waals surface area contributed by atoms with E-state index < -0.39 is 6.23 Å². The fourth-order valence-electron chi connectivity index (χ4n) is 4.94. The lowest BCUT2D eigenvalue weighted by molar-refractivity contribution is 0.0610. The van der Waals surface area contributed by atoms with Gasteiger partial charge in [-0.2, -0.15) is 0 Å². The summed E-state index contributed by atoms with van der Waals surface area (Å²) in [6.07, 6.45) is 5.03. The third kappa shape index (κ3) is 2.56. The molecule has 29 heavy (non-hydrogen) atoms. The molecule has 5 nitrogen and oxygen atoms in total. The summed E-state index contributed by atoms with van der Waals surface area (Å²) in [7, 11) is 0. The van der Waals surface area contributed by atoms with Crippen LogP contribution in [0.4, 0.5) is 4.39 Å². The first-order valence-electron chi connectivity index (χ1n) is 9.90. The van der Waals surface area contributed by atoms with Gasteiger partial charge in [0, 0.05) is 29.1 Å². The number of aliphatic hydroxyl groups is 2. The van der Waals surface area contributed by atoms with E-state index in [4.69, 9.17) is 9.72 Å². The SMILES string of the molecule is C=COCC1=C(CO)C=C2c3nc4cc(F)c(C)c5c4c(c3CN2C1O)CCC5. The Morgan fingerprint density at radius 3 is 2.90 bits per heavy atom. The zero-order valence-electron chi connectivity index (χ0n) is 16.3. The first-order chi connectivity index (χ1) is 14.0. The maximum atomic E-state index is 14.5. The van der Waals surface area contributed by atoms with Crippen LogP contribution in [0.3, 0.4) is 0 Å². The minimum absolute atomic E-state index is 0.161. The maximum absolute atomic E-state index is 14.5. The molecule has 2 aromatic rings. The highest BCUT2D eigenvalue weighted by Crippen LogP contribution is 2.44. The molecular formula is C23H23FN2O3. The molecule has 0 fully saturated rings. The molecule has 6 heteroatoms. The summed E-state index contributed by atoms with van der Waals surface area (Å²) in [4.78, 5) is 6.70. The fourth-order valence-corrected chi connectivity index (χ4v) is 4.94. The van der Waals surface area contributed by atoms with Crippen LogP contribution in [-0.2, 0) is 24.1 Å². The molecule has 2 aliphatic heterocycles. The third-order valence-electron chi connectivity index (χ3n) is 6.41. The lowest BCUT2D eigenvalue weighted by Crippen LogP contribution is -2.36. The molecule has 0 saturated carbocycles. The Hall–Kier alpha value is -2.70. The average Bonchev–Trinajstić information content (AvgIpc) is 3.10. The first kappa shape index (κ1) is 18.3. The van der Waals surface area contributed by atoms with Gasteiger partial charge in [-0.15, -0.1) is 0 Å². The van der Waals surface area contributed by atoms with Crippen LogP contribution in [0.5, 0.6) is 0 Å². The second kappa shape index (κ2) is 6.68. The predicted octanol–water partition coefficient (Wildman–Crippen LogP) is 3.11. The number of halogens is 1. The van der Waals surface area contributed by atoms with Gasteiger partial charge < -0.3 is 19.8 Å². The summed E-state index contributed by atoms with van der Waals surface area (Å²) < 4.78 is 19.8. The summed E-state index contributed by atoms with van der Waals surface area (Å²) in [5, 5.41) is 21.9. The lowest BCUT2D eigenvalue weighted by Gasteiger charge is -2.33. The number of fused-ring (bicyclic) bond motifs is 4. The van der Waals surface area contributed by atoms with E-state index in [1.165, 1.54) is 17.9 Å². The van der Waals surface area contributed by atoms with E-state index in [1.54, 1.807) is 0 Å². The molecule has 150 valence electrons. The number of hydrogen-bond acceptors (Lipinski definition) is 5. The van der Waals surface area contributed by atoms with E-state index in [1.807, 2.05) is 17.9 Å². The topological polar surface area (TPSA) is 65.8 Å². The molecule has 2 N–H and O–H groups in total. The smallest absolute Gasteiger partial charge is 0.153 e. The van der Waals surface area contributed by atoms with Crippen molar-refractivity contribution in [1.82, 2.24) is 9.88 Å². The predicted molar refractivity (Wildman–Crippen MR) is 108 cm³/mol. The summed E-state index contributed by atoms with van der Waals surface area (Å²) in [5.74, 6) is -0.222. The van der Waals surface area contributed by atoms with Gasteiger partial charge in [-0.25, -0.2) is 9.37 Å². The van der Waals surface area contributed by atoms with E-state index in [0.717, 1.165) is 47.2 Å². The highest BCUT2D eigenvalue weighted by molar-refractivity contribution is 5.92. The molecule has 0 radical (unpaired) electrons. The Morgan fingerprint density at radius 1 is 1.34 bits per heavy atom. The van der Waals surface area contributed by atoms with Crippen LogP contribution >= 0.6 is 0 Å². The zero-order valence-corrected chi connectivity index (χ0v) is 16.3. The summed E-state index contributed by atoms with van der Waals surface area (Å²) in [6, 6.07) is 1.53. The van der Waals surface area contributed by atoms with Gasteiger partial charge in [0.15, 0.2) is 6.23 Å². The van der Waals surface area contributed by atoms with Crippen molar-refractivity contribution in [2.24, 2.45) is 0 Å². The molecule has 1 atom stereocenters. The summed E-state index contributed by atoms with van der Waals surface area (Å²) in [6.45, 7) is 5.87. The van der Waals surface area contributed by atoms with Gasteiger partial charge in [0.2, 0.25) is 0 Å². The summed E-state index contributed by atoms with van der Waals surface area (Å²) in [5.41, 5.74) is 7.53. The first-order valence-corrected chi connectivity index (χ1v) is 9.90. The molecule has 1 unspecified atom stereocenters. The van der Waals surface area contributed by atoms with Gasteiger partial charge in [0.05, 0.1) is 29.8 Å². The monoisotopic (exact) mass is 394 g/mol. The van der Waals surface area contributed by atoms with Crippen molar-refractivity contribution in [1.29, 1.82) is 0 Å². The highest BCUT2D eigenvalue weighted by atomic mass is 19.1. The number of ether oxygens (including phenoxy) is 1. The Balaban J connectivity index is 1.72. The molecule has 1 aliphatic carbocycles. The molecule has 0 bridgehead atoms. The van der Waals surface area contributed by atoms with Crippen molar-refractivity contribution in [2.75, 3.05) is 13.2 Å². The molecule has 3 heterocycles. The van der Waals surface area contributed by atoms with Crippen molar-refractivity contribution in [2.45, 2.75) is 39.0 Å². The number of hydrogen-bond donors (Lipinski definition) is 2. The summed E-state index contributed by atoms with van der Waals surface area (Å²) >= 11 is 0. The standard InChI is InChI=1S/C23H23FN2O3/c1-3-29-11-17-13(10-27)7-20-22-16(9-26(20)23(17)28)15-6-4-5-14-12(2)18(24)8-19(25-22)21(14)15/h3,7-8,23,27-28H,1,4-6,9-11H2,2H3. The Morgan fingerprint density at radius 2 is 2.14 bits per heavy atom. The molecule has 0 amide bonds. The van der Waals surface area contributed by atoms with Gasteiger partial charge in [-0.05, 0) is 54.5 Å². The van der Waals surface area contributed by atoms with Crippen molar-refractivity contribution in [3.05, 3.63) is 69.9 Å². The van der Waals surface area contributed by atoms with E-state index in [9.17, 15) is 14.6 Å². The van der Waals surface area contributed by atoms with Gasteiger partial charge >= 0.3 is 0 Å². The van der Waals surface area contributed by atoms with Crippen molar-refractivity contribution in [3.63, 3.8) is 0 Å². The molecule has 0 saturated heterocycles. The molecule has 5 rings (SSSR count). The maximum Gasteiger partial charge on any atom is 0.153 e. The average molecular weight is 394 g/mol. The van der Waals surface area contributed by atoms with E-state index in [2.05, 4.69) is 6.58 Å². The van der Waals surface area contributed by atoms with Crippen LogP contribution in [0, 0.1) is 12.7 Å². The molecule has 3 aliphatic rings. The second-order valence-corrected chi connectivity index (χ2v) is 7.84. The number of rotatable bonds is 4. The van der Waals surface area contributed by atoms with Crippen LogP contribution in [0.1, 0.15) is 34.4 Å². The fraction of sp³-hybridized carbons (Fsp3) is 0.348. The zero-order chi connectivity index (χ0) is 20.3. The number of aromatic nitrogens is 1. The number of benzene rings is 1. The molecule has 1 aromatic carbocycles. The van der Waals surface area contributed by atoms with Gasteiger partial charge in [-0.1, -0.05) is 6.58 Å². The van der Waals surface area contributed by atoms with Gasteiger partial charge in [-0.3, -0.25) is 0 Å². The van der Waals surface area contributed by atoms with Crippen molar-refractivity contribution < 1.29 is 19.3 Å². The van der Waals surface area contributed by atoms with Crippen LogP contribution in [0.15, 0.2) is 36.1 Å². The van der Waals surface area contributed by atoms with E-state index in [0.29, 0.717) is 28.8 Å². The van der Waals surface area contributed by atoms with Crippen LogP contribution in [0.25, 0.3) is 16.6 Å². The van der Waals surface area contributed by atoms with Crippen molar-refractivity contribution in [3.8, 4) is 0 Å². The molecule has 0 spiro atoms. The number of aliphatic hydroxyl groups excluding tert-OH is 2. The largest absolute Gasteiger partial charge is 0.497 e. The second-order valence-electron chi connectivity index (χ2n) is 7.84. The number of pyridine rings is 1. The van der Waals surface area contributed by atoms with Gasteiger partial charge in [0.25, 0.3) is 0 Å². The van der Waals surface area contributed by atoms with Crippen LogP contribution in [-0.4, -0.2) is 39.5 Å². The Labute approximate surface area is 168 Å². The minimum Gasteiger partial charge on any atom is -0.497 e. The highest BCUT2D eigenvalue weighted by Gasteiger charge is 2.38. The normalized spacial score (nSPS) is 19.9. The lowest BCUT2D eigenvalue weighted by atomic mass is 9.85. The number of aryl methyl sites for hydroxylation is 2. The molecule has 1 aromatic heterocycles. The Bertz CT molecular complexity index is 1120. The molecular weight excluding hydrogens is 371 g/mol. The van der Waals surface area contributed by atoms with Crippen LogP contribution < -0.4 is 0 Å². The van der Waals surface area contributed by atoms with Gasteiger partial charge in [0.1, 0.15) is 12.4 Å². The number of nitrogens with zero attached hydrogens (tertiary/aromatic N) is 2. The van der Waals surface area contributed by atoms with E-state index in [-0.39, 0.29) is 19.0 Å². The van der Waals surface area contributed by atoms with E-state index >= 15 is 0 Å². The third-order valence-corrected chi connectivity index (χ3v) is 6.41. The van der Waals surface area contributed by atoms with Crippen molar-refractivity contribution >= 4 is 16.6 Å².